The highest BCUT2D eigenvalue weighted by Gasteiger charge is 2.42. The number of hydrogen-bond acceptors (Lipinski definition) is 7. The van der Waals surface area contributed by atoms with Gasteiger partial charge >= 0.3 is 11.9 Å². The van der Waals surface area contributed by atoms with Crippen molar-refractivity contribution in [2.75, 3.05) is 7.11 Å². The summed E-state index contributed by atoms with van der Waals surface area (Å²) in [5.41, 5.74) is -0.115. The summed E-state index contributed by atoms with van der Waals surface area (Å²) in [5.74, 6) is -3.35. The molecule has 0 saturated heterocycles. The van der Waals surface area contributed by atoms with Gasteiger partial charge in [0, 0.05) is 23.9 Å². The number of methoxy groups -OCH3 is 1. The summed E-state index contributed by atoms with van der Waals surface area (Å²) in [7, 11) is 1.13. The second-order valence-corrected chi connectivity index (χ2v) is 6.42. The van der Waals surface area contributed by atoms with Gasteiger partial charge < -0.3 is 14.7 Å². The number of nitro benzene ring substituents is 1. The normalized spacial score (nSPS) is 16.9. The van der Waals surface area contributed by atoms with E-state index in [9.17, 15) is 30.1 Å². The number of esters is 1. The van der Waals surface area contributed by atoms with E-state index in [2.05, 4.69) is 0 Å². The first-order valence-electron chi connectivity index (χ1n) is 8.35. The van der Waals surface area contributed by atoms with E-state index < -0.39 is 22.8 Å². The van der Waals surface area contributed by atoms with Crippen LogP contribution < -0.4 is 0 Å². The summed E-state index contributed by atoms with van der Waals surface area (Å²) in [6.45, 7) is 5.05. The van der Waals surface area contributed by atoms with Crippen LogP contribution in [-0.4, -0.2) is 40.0 Å². The van der Waals surface area contributed by atoms with Crippen LogP contribution in [0, 0.1) is 21.4 Å². The highest BCUT2D eigenvalue weighted by molar-refractivity contribution is 5.99. The number of carbonyl (C=O) groups excluding carboxylic acids is 1. The fourth-order valence-electron chi connectivity index (χ4n) is 3.43. The zero-order chi connectivity index (χ0) is 21.2. The van der Waals surface area contributed by atoms with Gasteiger partial charge in [0.05, 0.1) is 29.1 Å². The third kappa shape index (κ3) is 3.44. The Bertz CT molecular complexity index is 955. The average Bonchev–Trinajstić information content (AvgIpc) is 2.65. The third-order valence-electron chi connectivity index (χ3n) is 4.50. The van der Waals surface area contributed by atoms with Crippen LogP contribution in [0.1, 0.15) is 32.3 Å². The highest BCUT2D eigenvalue weighted by atomic mass is 16.6. The number of carbonyl (C=O) groups is 2. The van der Waals surface area contributed by atoms with Gasteiger partial charge in [-0.3, -0.25) is 10.1 Å². The van der Waals surface area contributed by atoms with Gasteiger partial charge in [0.15, 0.2) is 0 Å². The van der Waals surface area contributed by atoms with E-state index in [1.54, 1.807) is 20.8 Å². The maximum Gasteiger partial charge on any atom is 0.337 e. The van der Waals surface area contributed by atoms with Crippen LogP contribution in [0.4, 0.5) is 5.69 Å². The molecule has 0 saturated carbocycles. The molecule has 0 aliphatic carbocycles. The number of benzene rings is 1. The average molecular weight is 385 g/mol. The van der Waals surface area contributed by atoms with Crippen molar-refractivity contribution in [1.82, 2.24) is 4.90 Å². The SMILES string of the molecule is COC(=O)C1=C(C#N)N(C(C)C)C(C)=C(C(=O)O)C1c1cccc([N+](=O)[O-])c1. The van der Waals surface area contributed by atoms with Crippen molar-refractivity contribution in [3.05, 3.63) is 62.5 Å². The van der Waals surface area contributed by atoms with E-state index in [1.807, 2.05) is 6.07 Å². The lowest BCUT2D eigenvalue weighted by molar-refractivity contribution is -0.384. The Kier molecular flexibility index (Phi) is 5.84. The summed E-state index contributed by atoms with van der Waals surface area (Å²) in [6.07, 6.45) is 0. The van der Waals surface area contributed by atoms with Crippen molar-refractivity contribution in [3.8, 4) is 6.07 Å². The maximum atomic E-state index is 12.6. The molecule has 2 rings (SSSR count). The van der Waals surface area contributed by atoms with Crippen LogP contribution >= 0.6 is 0 Å². The number of nitro groups is 1. The molecule has 1 atom stereocenters. The fraction of sp³-hybridized carbons (Fsp3) is 0.316. The van der Waals surface area contributed by atoms with E-state index in [4.69, 9.17) is 4.74 Å². The van der Waals surface area contributed by atoms with E-state index in [1.165, 1.54) is 29.2 Å². The largest absolute Gasteiger partial charge is 0.478 e. The number of nitrogens with zero attached hydrogens (tertiary/aromatic N) is 3. The number of carboxylic acids is 1. The molecule has 9 nitrogen and oxygen atoms in total. The Balaban J connectivity index is 2.91. The molecular formula is C19H19N3O6. The van der Waals surface area contributed by atoms with Crippen molar-refractivity contribution in [1.29, 1.82) is 5.26 Å². The predicted octanol–water partition coefficient (Wildman–Crippen LogP) is 2.71. The van der Waals surface area contributed by atoms with Crippen LogP contribution in [0.25, 0.3) is 0 Å². The number of allylic oxidation sites excluding steroid dienone is 2. The second-order valence-electron chi connectivity index (χ2n) is 6.42. The molecule has 1 heterocycles. The molecular weight excluding hydrogens is 366 g/mol. The Morgan fingerprint density at radius 2 is 2.00 bits per heavy atom. The highest BCUT2D eigenvalue weighted by Crippen LogP contribution is 2.43. The van der Waals surface area contributed by atoms with Crippen LogP contribution in [-0.2, 0) is 14.3 Å². The molecule has 0 amide bonds. The van der Waals surface area contributed by atoms with Gasteiger partial charge in [-0.2, -0.15) is 5.26 Å². The van der Waals surface area contributed by atoms with Crippen molar-refractivity contribution in [2.45, 2.75) is 32.7 Å². The number of carboxylic acid groups (broad SMARTS) is 1. The van der Waals surface area contributed by atoms with Crippen LogP contribution in [0.5, 0.6) is 0 Å². The van der Waals surface area contributed by atoms with Gasteiger partial charge in [-0.15, -0.1) is 0 Å². The monoisotopic (exact) mass is 385 g/mol. The number of hydrogen-bond donors (Lipinski definition) is 1. The number of non-ortho nitro benzene ring substituents is 1. The summed E-state index contributed by atoms with van der Waals surface area (Å²) in [4.78, 5) is 36.7. The second kappa shape index (κ2) is 7.92. The summed E-state index contributed by atoms with van der Waals surface area (Å²) in [5, 5.41) is 30.8. The van der Waals surface area contributed by atoms with Gasteiger partial charge in [0.2, 0.25) is 0 Å². The van der Waals surface area contributed by atoms with Gasteiger partial charge in [-0.05, 0) is 26.3 Å². The van der Waals surface area contributed by atoms with Crippen LogP contribution in [0.15, 0.2) is 46.8 Å². The smallest absolute Gasteiger partial charge is 0.337 e. The van der Waals surface area contributed by atoms with E-state index in [0.29, 0.717) is 0 Å². The quantitative estimate of drug-likeness (QED) is 0.464. The van der Waals surface area contributed by atoms with Gasteiger partial charge in [0.1, 0.15) is 11.8 Å². The van der Waals surface area contributed by atoms with E-state index >= 15 is 0 Å². The molecule has 28 heavy (non-hydrogen) atoms. The molecule has 0 spiro atoms. The molecule has 1 aliphatic rings. The molecule has 0 radical (unpaired) electrons. The minimum absolute atomic E-state index is 0.0409. The first-order valence-corrected chi connectivity index (χ1v) is 8.35. The Morgan fingerprint density at radius 3 is 2.46 bits per heavy atom. The molecule has 1 unspecified atom stereocenters. The lowest BCUT2D eigenvalue weighted by atomic mass is 9.79. The molecule has 0 aromatic heterocycles. The zero-order valence-corrected chi connectivity index (χ0v) is 15.8. The standard InChI is InChI=1S/C19H19N3O6/c1-10(2)21-11(3)15(18(23)24)16(17(14(21)9-20)19(25)28-4)12-6-5-7-13(8-12)22(26)27/h5-8,10,16H,1-4H3,(H,23,24). The lowest BCUT2D eigenvalue weighted by Crippen LogP contribution is -2.38. The Hall–Kier alpha value is -3.67. The Morgan fingerprint density at radius 1 is 1.36 bits per heavy atom. The number of nitriles is 1. The molecule has 1 N–H and O–H groups in total. The van der Waals surface area contributed by atoms with Crippen LogP contribution in [0.3, 0.4) is 0 Å². The van der Waals surface area contributed by atoms with Crippen molar-refractivity contribution in [2.24, 2.45) is 0 Å². The van der Waals surface area contributed by atoms with E-state index in [0.717, 1.165) is 7.11 Å². The maximum absolute atomic E-state index is 12.6. The Labute approximate surface area is 161 Å². The zero-order valence-electron chi connectivity index (χ0n) is 15.8. The van der Waals surface area contributed by atoms with Crippen molar-refractivity contribution in [3.63, 3.8) is 0 Å². The molecule has 1 aromatic carbocycles. The van der Waals surface area contributed by atoms with Gasteiger partial charge in [-0.1, -0.05) is 12.1 Å². The van der Waals surface area contributed by atoms with Crippen molar-refractivity contribution < 1.29 is 24.4 Å². The van der Waals surface area contributed by atoms with Crippen molar-refractivity contribution >= 4 is 17.6 Å². The van der Waals surface area contributed by atoms with Gasteiger partial charge in [0.25, 0.3) is 5.69 Å². The first-order chi connectivity index (χ1) is 13.1. The molecule has 1 aliphatic heterocycles. The summed E-state index contributed by atoms with van der Waals surface area (Å²) in [6, 6.07) is 7.00. The first kappa shape index (κ1) is 20.6. The van der Waals surface area contributed by atoms with Gasteiger partial charge in [-0.25, -0.2) is 9.59 Å². The lowest BCUT2D eigenvalue weighted by Gasteiger charge is -2.38. The minimum Gasteiger partial charge on any atom is -0.478 e. The number of rotatable bonds is 5. The third-order valence-corrected chi connectivity index (χ3v) is 4.50. The molecule has 146 valence electrons. The van der Waals surface area contributed by atoms with Crippen LogP contribution in [0.2, 0.25) is 0 Å². The number of ether oxygens (including phenoxy) is 1. The topological polar surface area (TPSA) is 134 Å². The summed E-state index contributed by atoms with van der Waals surface area (Å²) < 4.78 is 4.82. The molecule has 9 heteroatoms. The summed E-state index contributed by atoms with van der Waals surface area (Å²) >= 11 is 0. The molecule has 0 fully saturated rings. The number of aliphatic carboxylic acids is 1. The molecule has 1 aromatic rings. The fourth-order valence-corrected chi connectivity index (χ4v) is 3.43. The predicted molar refractivity (Wildman–Crippen MR) is 97.8 cm³/mol. The molecule has 0 bridgehead atoms. The minimum atomic E-state index is -1.29. The van der Waals surface area contributed by atoms with E-state index in [-0.39, 0.29) is 39.8 Å².